The summed E-state index contributed by atoms with van der Waals surface area (Å²) in [6, 6.07) is 7.09. The highest BCUT2D eigenvalue weighted by atomic mass is 15.2. The zero-order valence-corrected chi connectivity index (χ0v) is 12.6. The van der Waals surface area contributed by atoms with E-state index in [4.69, 9.17) is 0 Å². The third-order valence-electron chi connectivity index (χ3n) is 4.25. The molecule has 0 radical (unpaired) electrons. The average Bonchev–Trinajstić information content (AvgIpc) is 2.32. The molecule has 1 aliphatic rings. The molecule has 0 aromatic heterocycles. The van der Waals surface area contributed by atoms with E-state index in [1.165, 1.54) is 42.6 Å². The van der Waals surface area contributed by atoms with Crippen LogP contribution in [0.1, 0.15) is 64.5 Å². The molecule has 0 fully saturated rings. The summed E-state index contributed by atoms with van der Waals surface area (Å²) in [5.41, 5.74) is 4.79. The molecule has 1 aliphatic heterocycles. The first-order valence-electron chi connectivity index (χ1n) is 7.36. The molecule has 18 heavy (non-hydrogen) atoms. The number of hydrogen-bond acceptors (Lipinski definition) is 1. The predicted molar refractivity (Wildman–Crippen MR) is 80.6 cm³/mol. The first kappa shape index (κ1) is 13.5. The van der Waals surface area contributed by atoms with Gasteiger partial charge in [-0.15, -0.1) is 0 Å². The van der Waals surface area contributed by atoms with Gasteiger partial charge in [-0.25, -0.2) is 0 Å². The second kappa shape index (κ2) is 4.95. The van der Waals surface area contributed by atoms with Gasteiger partial charge in [0.2, 0.25) is 0 Å². The Morgan fingerprint density at radius 1 is 1.28 bits per heavy atom. The second-order valence-electron chi connectivity index (χ2n) is 6.51. The molecular formula is C17H27N. The monoisotopic (exact) mass is 245 g/mol. The van der Waals surface area contributed by atoms with E-state index in [-0.39, 0.29) is 0 Å². The number of hydrogen-bond donors (Lipinski definition) is 0. The molecule has 100 valence electrons. The molecule has 1 heterocycles. The maximum Gasteiger partial charge on any atom is 0.0406 e. The van der Waals surface area contributed by atoms with Crippen LogP contribution >= 0.6 is 0 Å². The van der Waals surface area contributed by atoms with E-state index in [2.05, 4.69) is 57.7 Å². The van der Waals surface area contributed by atoms with Crippen molar-refractivity contribution in [3.8, 4) is 0 Å². The highest BCUT2D eigenvalue weighted by Crippen LogP contribution is 2.38. The molecule has 0 atom stereocenters. The van der Waals surface area contributed by atoms with Crippen molar-refractivity contribution in [3.05, 3.63) is 29.3 Å². The molecule has 1 aromatic carbocycles. The highest BCUT2D eigenvalue weighted by molar-refractivity contribution is 5.59. The fourth-order valence-electron chi connectivity index (χ4n) is 2.95. The van der Waals surface area contributed by atoms with Gasteiger partial charge in [-0.05, 0) is 56.2 Å². The Morgan fingerprint density at radius 2 is 2.00 bits per heavy atom. The maximum atomic E-state index is 2.62. The van der Waals surface area contributed by atoms with Gasteiger partial charge in [-0.1, -0.05) is 32.9 Å². The molecule has 1 heteroatoms. The minimum atomic E-state index is 0.304. The van der Waals surface area contributed by atoms with Gasteiger partial charge in [-0.2, -0.15) is 0 Å². The van der Waals surface area contributed by atoms with E-state index < -0.39 is 0 Å². The maximum absolute atomic E-state index is 2.62. The van der Waals surface area contributed by atoms with Crippen LogP contribution in [0.15, 0.2) is 18.2 Å². The molecule has 0 saturated carbocycles. The summed E-state index contributed by atoms with van der Waals surface area (Å²) >= 11 is 0. The van der Waals surface area contributed by atoms with E-state index in [1.807, 2.05) is 0 Å². The van der Waals surface area contributed by atoms with Crippen LogP contribution in [0.2, 0.25) is 0 Å². The van der Waals surface area contributed by atoms with Crippen LogP contribution in [-0.4, -0.2) is 12.1 Å². The van der Waals surface area contributed by atoms with Crippen molar-refractivity contribution < 1.29 is 0 Å². The van der Waals surface area contributed by atoms with Crippen molar-refractivity contribution in [1.82, 2.24) is 0 Å². The number of benzene rings is 1. The second-order valence-corrected chi connectivity index (χ2v) is 6.51. The first-order valence-corrected chi connectivity index (χ1v) is 7.36. The summed E-state index contributed by atoms with van der Waals surface area (Å²) in [5.74, 6) is 0.615. The van der Waals surface area contributed by atoms with Gasteiger partial charge in [0.25, 0.3) is 0 Å². The van der Waals surface area contributed by atoms with Crippen molar-refractivity contribution in [2.75, 3.05) is 11.4 Å². The number of nitrogens with zero attached hydrogens (tertiary/aromatic N) is 1. The molecule has 0 saturated heterocycles. The topological polar surface area (TPSA) is 3.24 Å². The van der Waals surface area contributed by atoms with Crippen molar-refractivity contribution in [1.29, 1.82) is 0 Å². The Labute approximate surface area is 112 Å². The van der Waals surface area contributed by atoms with E-state index in [1.54, 1.807) is 0 Å². The van der Waals surface area contributed by atoms with Crippen LogP contribution in [0.25, 0.3) is 0 Å². The molecule has 0 N–H and O–H groups in total. The molecule has 0 unspecified atom stereocenters. The standard InChI is InChI=1S/C17H27N/c1-6-11-18-16-12-15(13(2)3)8-7-14(16)9-10-17(18,4)5/h7-8,12-13H,6,9-11H2,1-5H3. The lowest BCUT2D eigenvalue weighted by molar-refractivity contribution is 0.408. The van der Waals surface area contributed by atoms with Crippen LogP contribution in [0.3, 0.4) is 0 Å². The number of aryl methyl sites for hydroxylation is 1. The largest absolute Gasteiger partial charge is 0.366 e. The molecule has 0 bridgehead atoms. The lowest BCUT2D eigenvalue weighted by Gasteiger charge is -2.45. The quantitative estimate of drug-likeness (QED) is 0.742. The van der Waals surface area contributed by atoms with Gasteiger partial charge in [-0.3, -0.25) is 0 Å². The molecule has 0 spiro atoms. The molecule has 2 rings (SSSR count). The lowest BCUT2D eigenvalue weighted by Crippen LogP contribution is -2.47. The highest BCUT2D eigenvalue weighted by Gasteiger charge is 2.32. The molecule has 1 nitrogen and oxygen atoms in total. The van der Waals surface area contributed by atoms with Crippen molar-refractivity contribution in [2.45, 2.75) is 65.3 Å². The predicted octanol–water partition coefficient (Wildman–Crippen LogP) is 4.75. The molecular weight excluding hydrogens is 218 g/mol. The van der Waals surface area contributed by atoms with Gasteiger partial charge in [0.05, 0.1) is 0 Å². The fourth-order valence-corrected chi connectivity index (χ4v) is 2.95. The number of anilines is 1. The third-order valence-corrected chi connectivity index (χ3v) is 4.25. The van der Waals surface area contributed by atoms with Crippen LogP contribution < -0.4 is 4.90 Å². The van der Waals surface area contributed by atoms with E-state index in [0.717, 1.165) is 0 Å². The summed E-state index contributed by atoms with van der Waals surface area (Å²) in [5, 5.41) is 0. The van der Waals surface area contributed by atoms with Gasteiger partial charge < -0.3 is 4.90 Å². The Kier molecular flexibility index (Phi) is 3.70. The van der Waals surface area contributed by atoms with E-state index >= 15 is 0 Å². The Hall–Kier alpha value is -0.980. The van der Waals surface area contributed by atoms with Crippen molar-refractivity contribution >= 4 is 5.69 Å². The Morgan fingerprint density at radius 3 is 2.61 bits per heavy atom. The number of rotatable bonds is 3. The summed E-state index contributed by atoms with van der Waals surface area (Å²) in [4.78, 5) is 2.62. The van der Waals surface area contributed by atoms with E-state index in [0.29, 0.717) is 11.5 Å². The van der Waals surface area contributed by atoms with Crippen LogP contribution in [-0.2, 0) is 6.42 Å². The minimum absolute atomic E-state index is 0.304. The van der Waals surface area contributed by atoms with E-state index in [9.17, 15) is 0 Å². The SMILES string of the molecule is CCCN1c2cc(C(C)C)ccc2CCC1(C)C. The first-order chi connectivity index (χ1) is 8.45. The van der Waals surface area contributed by atoms with Crippen LogP contribution in [0, 0.1) is 0 Å². The Balaban J connectivity index is 2.44. The lowest BCUT2D eigenvalue weighted by atomic mass is 9.85. The van der Waals surface area contributed by atoms with Gasteiger partial charge in [0, 0.05) is 17.8 Å². The minimum Gasteiger partial charge on any atom is -0.366 e. The third kappa shape index (κ3) is 2.41. The summed E-state index contributed by atoms with van der Waals surface area (Å²) in [6.45, 7) is 12.8. The zero-order valence-electron chi connectivity index (χ0n) is 12.6. The summed E-state index contributed by atoms with van der Waals surface area (Å²) in [6.07, 6.45) is 3.71. The van der Waals surface area contributed by atoms with Gasteiger partial charge in [0.1, 0.15) is 0 Å². The van der Waals surface area contributed by atoms with Crippen LogP contribution in [0.5, 0.6) is 0 Å². The molecule has 0 aliphatic carbocycles. The van der Waals surface area contributed by atoms with Crippen LogP contribution in [0.4, 0.5) is 5.69 Å². The summed E-state index contributed by atoms with van der Waals surface area (Å²) < 4.78 is 0. The zero-order chi connectivity index (χ0) is 13.3. The van der Waals surface area contributed by atoms with Crippen molar-refractivity contribution in [3.63, 3.8) is 0 Å². The van der Waals surface area contributed by atoms with Gasteiger partial charge >= 0.3 is 0 Å². The molecule has 0 amide bonds. The van der Waals surface area contributed by atoms with Crippen molar-refractivity contribution in [2.24, 2.45) is 0 Å². The Bertz CT molecular complexity index is 418. The fraction of sp³-hybridized carbons (Fsp3) is 0.647. The average molecular weight is 245 g/mol. The number of fused-ring (bicyclic) bond motifs is 1. The normalized spacial score (nSPS) is 18.0. The smallest absolute Gasteiger partial charge is 0.0406 e. The molecule has 1 aromatic rings. The summed E-state index contributed by atoms with van der Waals surface area (Å²) in [7, 11) is 0. The van der Waals surface area contributed by atoms with Gasteiger partial charge in [0.15, 0.2) is 0 Å².